The van der Waals surface area contributed by atoms with Crippen LogP contribution in [-0.2, 0) is 4.79 Å². The smallest absolute Gasteiger partial charge is 0.269 e. The lowest BCUT2D eigenvalue weighted by molar-refractivity contribution is -0.384. The van der Waals surface area contributed by atoms with Gasteiger partial charge in [0.15, 0.2) is 11.7 Å². The number of non-ortho nitro benzene ring substituents is 1. The molecule has 0 aromatic heterocycles. The van der Waals surface area contributed by atoms with Crippen molar-refractivity contribution in [2.75, 3.05) is 29.9 Å². The van der Waals surface area contributed by atoms with E-state index in [0.29, 0.717) is 5.75 Å². The Labute approximate surface area is 167 Å². The zero-order chi connectivity index (χ0) is 19.9. The van der Waals surface area contributed by atoms with Crippen molar-refractivity contribution in [1.82, 2.24) is 5.32 Å². The summed E-state index contributed by atoms with van der Waals surface area (Å²) >= 11 is 5.23. The lowest BCUT2D eigenvalue weighted by Gasteiger charge is -2.22. The quantitative estimate of drug-likeness (QED) is 0.437. The first kappa shape index (κ1) is 19.6. The maximum atomic E-state index is 12.1. The van der Waals surface area contributed by atoms with Crippen LogP contribution in [0.5, 0.6) is 5.75 Å². The van der Waals surface area contributed by atoms with E-state index in [2.05, 4.69) is 15.5 Å². The summed E-state index contributed by atoms with van der Waals surface area (Å²) in [5.41, 5.74) is 1.85. The molecule has 1 amide bonds. The van der Waals surface area contributed by atoms with Crippen LogP contribution in [0.3, 0.4) is 0 Å². The monoisotopic (exact) mass is 400 g/mol. The number of rotatable bonds is 6. The summed E-state index contributed by atoms with van der Waals surface area (Å²) in [5.74, 6) is -0.0616. The molecule has 1 fully saturated rings. The summed E-state index contributed by atoms with van der Waals surface area (Å²) in [4.78, 5) is 24.5. The van der Waals surface area contributed by atoms with Gasteiger partial charge in [-0.1, -0.05) is 12.1 Å². The maximum Gasteiger partial charge on any atom is 0.269 e. The average Bonchev–Trinajstić information content (AvgIpc) is 3.21. The van der Waals surface area contributed by atoms with Gasteiger partial charge in [-0.05, 0) is 49.3 Å². The minimum atomic E-state index is -0.499. The number of amides is 1. The molecule has 0 unspecified atom stereocenters. The Morgan fingerprint density at radius 3 is 2.50 bits per heavy atom. The van der Waals surface area contributed by atoms with Gasteiger partial charge in [-0.25, -0.2) is 0 Å². The van der Waals surface area contributed by atoms with Gasteiger partial charge < -0.3 is 15.0 Å². The second-order valence-corrected chi connectivity index (χ2v) is 6.66. The molecule has 0 aliphatic carbocycles. The normalized spacial score (nSPS) is 13.1. The molecule has 1 aliphatic rings. The third-order valence-corrected chi connectivity index (χ3v) is 4.47. The average molecular weight is 400 g/mol. The summed E-state index contributed by atoms with van der Waals surface area (Å²) in [6.07, 6.45) is 2.32. The molecule has 9 heteroatoms. The first-order chi connectivity index (χ1) is 13.5. The van der Waals surface area contributed by atoms with Crippen molar-refractivity contribution in [1.29, 1.82) is 0 Å². The molecule has 0 saturated carbocycles. The maximum absolute atomic E-state index is 12.1. The molecule has 2 N–H and O–H groups in total. The van der Waals surface area contributed by atoms with Crippen LogP contribution in [0, 0.1) is 10.1 Å². The van der Waals surface area contributed by atoms with Crippen LogP contribution in [-0.4, -0.2) is 35.6 Å². The van der Waals surface area contributed by atoms with Gasteiger partial charge >= 0.3 is 0 Å². The number of para-hydroxylation sites is 2. The van der Waals surface area contributed by atoms with Crippen LogP contribution in [0.2, 0.25) is 0 Å². The number of thiocarbonyl (C=S) groups is 1. The van der Waals surface area contributed by atoms with Crippen molar-refractivity contribution in [3.8, 4) is 5.75 Å². The number of carbonyl (C=O) groups is 1. The predicted molar refractivity (Wildman–Crippen MR) is 111 cm³/mol. The van der Waals surface area contributed by atoms with Gasteiger partial charge in [0.1, 0.15) is 5.75 Å². The van der Waals surface area contributed by atoms with Gasteiger partial charge in [0.2, 0.25) is 0 Å². The Morgan fingerprint density at radius 2 is 1.82 bits per heavy atom. The fourth-order valence-electron chi connectivity index (χ4n) is 2.94. The SMILES string of the molecule is O=C(COc1ccc([N+](=O)[O-])cc1)NC(=S)Nc1ccccc1N1CCCC1. The van der Waals surface area contributed by atoms with Crippen LogP contribution < -0.4 is 20.3 Å². The topological polar surface area (TPSA) is 96.7 Å². The van der Waals surface area contributed by atoms with Crippen molar-refractivity contribution in [2.45, 2.75) is 12.8 Å². The summed E-state index contributed by atoms with van der Waals surface area (Å²) in [6.45, 7) is 1.75. The highest BCUT2D eigenvalue weighted by atomic mass is 32.1. The van der Waals surface area contributed by atoms with Gasteiger partial charge in [-0.2, -0.15) is 0 Å². The van der Waals surface area contributed by atoms with Gasteiger partial charge in [-0.15, -0.1) is 0 Å². The van der Waals surface area contributed by atoms with Crippen LogP contribution in [0.4, 0.5) is 17.1 Å². The molecule has 0 atom stereocenters. The minimum absolute atomic E-state index is 0.0427. The van der Waals surface area contributed by atoms with Crippen LogP contribution in [0.25, 0.3) is 0 Å². The van der Waals surface area contributed by atoms with Crippen LogP contribution in [0.1, 0.15) is 12.8 Å². The fraction of sp³-hybridized carbons (Fsp3) is 0.263. The number of nitro groups is 1. The lowest BCUT2D eigenvalue weighted by atomic mass is 10.2. The number of anilines is 2. The first-order valence-electron chi connectivity index (χ1n) is 8.85. The summed E-state index contributed by atoms with van der Waals surface area (Å²) in [6, 6.07) is 13.3. The zero-order valence-corrected chi connectivity index (χ0v) is 15.9. The fourth-order valence-corrected chi connectivity index (χ4v) is 3.17. The zero-order valence-electron chi connectivity index (χ0n) is 15.1. The van der Waals surface area contributed by atoms with Gasteiger partial charge in [0, 0.05) is 25.2 Å². The lowest BCUT2D eigenvalue weighted by Crippen LogP contribution is -2.37. The number of carbonyl (C=O) groups excluding carboxylic acids is 1. The highest BCUT2D eigenvalue weighted by molar-refractivity contribution is 7.80. The molecule has 28 heavy (non-hydrogen) atoms. The molecule has 2 aromatic carbocycles. The molecule has 0 radical (unpaired) electrons. The molecule has 0 bridgehead atoms. The number of nitrogens with zero attached hydrogens (tertiary/aromatic N) is 2. The molecule has 146 valence electrons. The predicted octanol–water partition coefficient (Wildman–Crippen LogP) is 3.09. The van der Waals surface area contributed by atoms with Crippen molar-refractivity contribution < 1.29 is 14.5 Å². The molecule has 8 nitrogen and oxygen atoms in total. The van der Waals surface area contributed by atoms with E-state index in [4.69, 9.17) is 17.0 Å². The van der Waals surface area contributed by atoms with E-state index in [1.54, 1.807) is 0 Å². The van der Waals surface area contributed by atoms with Crippen molar-refractivity contribution in [3.63, 3.8) is 0 Å². The van der Waals surface area contributed by atoms with E-state index in [1.807, 2.05) is 24.3 Å². The first-order valence-corrected chi connectivity index (χ1v) is 9.26. The summed E-state index contributed by atoms with van der Waals surface area (Å²) < 4.78 is 5.33. The van der Waals surface area contributed by atoms with Gasteiger partial charge in [0.05, 0.1) is 16.3 Å². The number of hydrogen-bond donors (Lipinski definition) is 2. The number of benzene rings is 2. The van der Waals surface area contributed by atoms with E-state index in [1.165, 1.54) is 24.3 Å². The Balaban J connectivity index is 1.51. The summed E-state index contributed by atoms with van der Waals surface area (Å²) in [5, 5.41) is 16.5. The van der Waals surface area contributed by atoms with Gasteiger partial charge in [0.25, 0.3) is 11.6 Å². The number of nitro benzene ring substituents is 1. The van der Waals surface area contributed by atoms with Crippen molar-refractivity contribution >= 4 is 40.3 Å². The molecule has 1 heterocycles. The number of ether oxygens (including phenoxy) is 1. The van der Waals surface area contributed by atoms with Crippen LogP contribution >= 0.6 is 12.2 Å². The van der Waals surface area contributed by atoms with E-state index in [-0.39, 0.29) is 17.4 Å². The third-order valence-electron chi connectivity index (χ3n) is 4.27. The molecule has 2 aromatic rings. The minimum Gasteiger partial charge on any atom is -0.484 e. The standard InChI is InChI=1S/C19H20N4O4S/c24-18(13-27-15-9-7-14(8-10-15)23(25)26)21-19(28)20-16-5-1-2-6-17(16)22-11-3-4-12-22/h1-2,5-10H,3-4,11-13H2,(H2,20,21,24,28). The molecular formula is C19H20N4O4S. The van der Waals surface area contributed by atoms with Gasteiger partial charge in [-0.3, -0.25) is 20.2 Å². The van der Waals surface area contributed by atoms with E-state index >= 15 is 0 Å². The second kappa shape index (κ2) is 9.14. The number of hydrogen-bond acceptors (Lipinski definition) is 6. The second-order valence-electron chi connectivity index (χ2n) is 6.25. The molecule has 0 spiro atoms. The van der Waals surface area contributed by atoms with Crippen LogP contribution in [0.15, 0.2) is 48.5 Å². The Morgan fingerprint density at radius 1 is 1.14 bits per heavy atom. The largest absolute Gasteiger partial charge is 0.484 e. The molecule has 1 aliphatic heterocycles. The Hall–Kier alpha value is -3.20. The van der Waals surface area contributed by atoms with E-state index < -0.39 is 10.8 Å². The highest BCUT2D eigenvalue weighted by Gasteiger charge is 2.16. The Bertz CT molecular complexity index is 866. The number of nitrogens with one attached hydrogen (secondary N) is 2. The molecule has 1 saturated heterocycles. The highest BCUT2D eigenvalue weighted by Crippen LogP contribution is 2.28. The molecular weight excluding hydrogens is 380 g/mol. The van der Waals surface area contributed by atoms with Crippen molar-refractivity contribution in [3.05, 3.63) is 58.6 Å². The third kappa shape index (κ3) is 5.17. The summed E-state index contributed by atoms with van der Waals surface area (Å²) in [7, 11) is 0. The Kier molecular flexibility index (Phi) is 6.38. The van der Waals surface area contributed by atoms with E-state index in [0.717, 1.165) is 37.3 Å². The van der Waals surface area contributed by atoms with Crippen molar-refractivity contribution in [2.24, 2.45) is 0 Å². The van der Waals surface area contributed by atoms with E-state index in [9.17, 15) is 14.9 Å². The molecule has 3 rings (SSSR count).